The summed E-state index contributed by atoms with van der Waals surface area (Å²) in [7, 11) is 0. The Morgan fingerprint density at radius 3 is 2.68 bits per heavy atom. The van der Waals surface area contributed by atoms with Crippen LogP contribution in [-0.4, -0.2) is 28.6 Å². The molecule has 25 heavy (non-hydrogen) atoms. The lowest BCUT2D eigenvalue weighted by molar-refractivity contribution is 0.0922. The molecule has 0 fully saturated rings. The number of nitrogens with one attached hydrogen (secondary N) is 1. The smallest absolute Gasteiger partial charge is 0.257 e. The van der Waals surface area contributed by atoms with E-state index in [0.717, 1.165) is 17.3 Å². The van der Waals surface area contributed by atoms with E-state index >= 15 is 0 Å². The van der Waals surface area contributed by atoms with Gasteiger partial charge in [-0.05, 0) is 55.2 Å². The Hall–Kier alpha value is -1.92. The number of carbonyl (C=O) groups is 1. The Morgan fingerprint density at radius 1 is 1.32 bits per heavy atom. The lowest BCUT2D eigenvalue weighted by Crippen LogP contribution is -2.36. The summed E-state index contributed by atoms with van der Waals surface area (Å²) in [5, 5.41) is 12.2. The first kappa shape index (κ1) is 19.4. The Kier molecular flexibility index (Phi) is 7.40. The maximum atomic E-state index is 12.6. The molecular formula is C19H23BrN2O3. The number of amides is 1. The lowest BCUT2D eigenvalue weighted by atomic mass is 10.0. The van der Waals surface area contributed by atoms with Gasteiger partial charge in [-0.25, -0.2) is 4.98 Å². The van der Waals surface area contributed by atoms with Crippen molar-refractivity contribution in [1.29, 1.82) is 0 Å². The number of halogens is 1. The predicted molar refractivity (Wildman–Crippen MR) is 101 cm³/mol. The van der Waals surface area contributed by atoms with Crippen LogP contribution in [0.3, 0.4) is 0 Å². The van der Waals surface area contributed by atoms with Gasteiger partial charge in [0, 0.05) is 23.3 Å². The van der Waals surface area contributed by atoms with Crippen LogP contribution in [0.5, 0.6) is 11.6 Å². The van der Waals surface area contributed by atoms with Gasteiger partial charge in [-0.3, -0.25) is 4.79 Å². The van der Waals surface area contributed by atoms with Crippen LogP contribution in [0, 0.1) is 5.92 Å². The van der Waals surface area contributed by atoms with Crippen molar-refractivity contribution < 1.29 is 14.6 Å². The molecule has 2 rings (SSSR count). The maximum absolute atomic E-state index is 12.6. The SMILES string of the molecule is CC[C@@H](C[C@@H](C)CO)NC(=O)c1cccnc1Oc1ccc(Br)cc1. The van der Waals surface area contributed by atoms with Crippen LogP contribution in [0.25, 0.3) is 0 Å². The molecule has 0 bridgehead atoms. The molecule has 1 aromatic carbocycles. The Morgan fingerprint density at radius 2 is 2.04 bits per heavy atom. The van der Waals surface area contributed by atoms with Gasteiger partial charge in [-0.15, -0.1) is 0 Å². The van der Waals surface area contributed by atoms with Crippen LogP contribution in [0.1, 0.15) is 37.0 Å². The molecule has 0 aliphatic carbocycles. The van der Waals surface area contributed by atoms with E-state index in [4.69, 9.17) is 4.74 Å². The first-order valence-corrected chi connectivity index (χ1v) is 9.13. The lowest BCUT2D eigenvalue weighted by Gasteiger charge is -2.20. The number of hydrogen-bond donors (Lipinski definition) is 2. The summed E-state index contributed by atoms with van der Waals surface area (Å²) >= 11 is 3.38. The van der Waals surface area contributed by atoms with E-state index in [9.17, 15) is 9.90 Å². The molecule has 1 aromatic heterocycles. The van der Waals surface area contributed by atoms with Crippen LogP contribution in [-0.2, 0) is 0 Å². The number of pyridine rings is 1. The summed E-state index contributed by atoms with van der Waals surface area (Å²) in [6.45, 7) is 4.08. The summed E-state index contributed by atoms with van der Waals surface area (Å²) in [5.74, 6) is 0.791. The number of aromatic nitrogens is 1. The Balaban J connectivity index is 2.12. The molecule has 2 atom stereocenters. The minimum atomic E-state index is -0.225. The van der Waals surface area contributed by atoms with Crippen molar-refractivity contribution in [2.24, 2.45) is 5.92 Å². The highest BCUT2D eigenvalue weighted by Crippen LogP contribution is 2.24. The first-order valence-electron chi connectivity index (χ1n) is 8.33. The minimum Gasteiger partial charge on any atom is -0.438 e. The van der Waals surface area contributed by atoms with E-state index in [0.29, 0.717) is 11.3 Å². The van der Waals surface area contributed by atoms with Crippen molar-refractivity contribution in [1.82, 2.24) is 10.3 Å². The van der Waals surface area contributed by atoms with E-state index in [2.05, 4.69) is 26.2 Å². The van der Waals surface area contributed by atoms with Gasteiger partial charge >= 0.3 is 0 Å². The average molecular weight is 407 g/mol. The summed E-state index contributed by atoms with van der Waals surface area (Å²) in [6, 6.07) is 10.7. The zero-order valence-electron chi connectivity index (χ0n) is 14.4. The highest BCUT2D eigenvalue weighted by Gasteiger charge is 2.19. The molecule has 0 unspecified atom stereocenters. The number of aliphatic hydroxyl groups excluding tert-OH is 1. The van der Waals surface area contributed by atoms with Crippen molar-refractivity contribution >= 4 is 21.8 Å². The summed E-state index contributed by atoms with van der Waals surface area (Å²) in [6.07, 6.45) is 3.11. The van der Waals surface area contributed by atoms with Gasteiger partial charge in [-0.1, -0.05) is 29.8 Å². The second-order valence-electron chi connectivity index (χ2n) is 6.01. The molecular weight excluding hydrogens is 384 g/mol. The van der Waals surface area contributed by atoms with Gasteiger partial charge in [0.25, 0.3) is 5.91 Å². The molecule has 2 aromatic rings. The molecule has 0 radical (unpaired) electrons. The zero-order valence-corrected chi connectivity index (χ0v) is 16.0. The summed E-state index contributed by atoms with van der Waals surface area (Å²) < 4.78 is 6.72. The van der Waals surface area contributed by atoms with Gasteiger partial charge in [-0.2, -0.15) is 0 Å². The normalized spacial score (nSPS) is 13.1. The fourth-order valence-electron chi connectivity index (χ4n) is 2.41. The molecule has 0 aliphatic rings. The standard InChI is InChI=1S/C19H23BrN2O3/c1-3-15(11-13(2)12-23)22-18(24)17-5-4-10-21-19(17)25-16-8-6-14(20)7-9-16/h4-10,13,15,23H,3,11-12H2,1-2H3,(H,22,24)/t13-,15+/m1/s1. The quantitative estimate of drug-likeness (QED) is 0.689. The van der Waals surface area contributed by atoms with Crippen LogP contribution in [0.2, 0.25) is 0 Å². The number of benzene rings is 1. The van der Waals surface area contributed by atoms with Crippen molar-refractivity contribution in [2.45, 2.75) is 32.7 Å². The second kappa shape index (κ2) is 9.53. The summed E-state index contributed by atoms with van der Waals surface area (Å²) in [4.78, 5) is 16.8. The van der Waals surface area contributed by atoms with E-state index in [1.807, 2.05) is 26.0 Å². The first-order chi connectivity index (χ1) is 12.0. The molecule has 6 heteroatoms. The van der Waals surface area contributed by atoms with E-state index in [1.54, 1.807) is 30.5 Å². The molecule has 0 saturated heterocycles. The monoisotopic (exact) mass is 406 g/mol. The van der Waals surface area contributed by atoms with Crippen molar-refractivity contribution in [3.05, 3.63) is 52.6 Å². The van der Waals surface area contributed by atoms with Crippen LogP contribution in [0.15, 0.2) is 47.1 Å². The molecule has 134 valence electrons. The fourth-order valence-corrected chi connectivity index (χ4v) is 2.67. The molecule has 0 saturated carbocycles. The highest BCUT2D eigenvalue weighted by atomic mass is 79.9. The molecule has 5 nitrogen and oxygen atoms in total. The topological polar surface area (TPSA) is 71.5 Å². The minimum absolute atomic E-state index is 0.00427. The average Bonchev–Trinajstić information content (AvgIpc) is 2.63. The number of rotatable bonds is 8. The van der Waals surface area contributed by atoms with Crippen molar-refractivity contribution in [3.63, 3.8) is 0 Å². The molecule has 1 amide bonds. The number of carbonyl (C=O) groups excluding carboxylic acids is 1. The van der Waals surface area contributed by atoms with Gasteiger partial charge in [0.1, 0.15) is 11.3 Å². The van der Waals surface area contributed by atoms with Gasteiger partial charge < -0.3 is 15.2 Å². The van der Waals surface area contributed by atoms with Crippen LogP contribution in [0.4, 0.5) is 0 Å². The third-order valence-electron chi connectivity index (χ3n) is 3.87. The largest absolute Gasteiger partial charge is 0.438 e. The molecule has 2 N–H and O–H groups in total. The van der Waals surface area contributed by atoms with Crippen molar-refractivity contribution in [2.75, 3.05) is 6.61 Å². The molecule has 0 spiro atoms. The third kappa shape index (κ3) is 5.83. The van der Waals surface area contributed by atoms with Crippen LogP contribution < -0.4 is 10.1 Å². The zero-order chi connectivity index (χ0) is 18.2. The number of hydrogen-bond acceptors (Lipinski definition) is 4. The number of ether oxygens (including phenoxy) is 1. The second-order valence-corrected chi connectivity index (χ2v) is 6.93. The van der Waals surface area contributed by atoms with E-state index in [-0.39, 0.29) is 30.4 Å². The fraction of sp³-hybridized carbons (Fsp3) is 0.368. The molecule has 0 aliphatic heterocycles. The van der Waals surface area contributed by atoms with Crippen molar-refractivity contribution in [3.8, 4) is 11.6 Å². The summed E-state index contributed by atoms with van der Waals surface area (Å²) in [5.41, 5.74) is 0.389. The van der Waals surface area contributed by atoms with Gasteiger partial charge in [0.05, 0.1) is 0 Å². The highest BCUT2D eigenvalue weighted by molar-refractivity contribution is 9.10. The van der Waals surface area contributed by atoms with E-state index in [1.165, 1.54) is 0 Å². The Labute approximate surface area is 156 Å². The Bertz CT molecular complexity index is 691. The van der Waals surface area contributed by atoms with Gasteiger partial charge in [0.15, 0.2) is 0 Å². The molecule has 1 heterocycles. The number of aliphatic hydroxyl groups is 1. The maximum Gasteiger partial charge on any atom is 0.257 e. The van der Waals surface area contributed by atoms with Crippen LogP contribution >= 0.6 is 15.9 Å². The number of nitrogens with zero attached hydrogens (tertiary/aromatic N) is 1. The predicted octanol–water partition coefficient (Wildman–Crippen LogP) is 4.16. The van der Waals surface area contributed by atoms with Gasteiger partial charge in [0.2, 0.25) is 5.88 Å². The third-order valence-corrected chi connectivity index (χ3v) is 4.40. The van der Waals surface area contributed by atoms with E-state index < -0.39 is 0 Å².